The van der Waals surface area contributed by atoms with Crippen LogP contribution >= 0.6 is 0 Å². The standard InChI is InChI=1S/C5H8O3.Na/c1-2-5(7)8-4-3-6;/h2,6H,1,3-4H2;. The minimum atomic E-state index is -0.501. The molecule has 1 N–H and O–H groups in total. The van der Waals surface area contributed by atoms with E-state index >= 15 is 0 Å². The molecule has 47 valence electrons. The monoisotopic (exact) mass is 139 g/mol. The van der Waals surface area contributed by atoms with Crippen molar-refractivity contribution in [3.8, 4) is 0 Å². The van der Waals surface area contributed by atoms with Gasteiger partial charge >= 0.3 is 5.97 Å². The van der Waals surface area contributed by atoms with E-state index < -0.39 is 5.97 Å². The number of carbonyl (C=O) groups excluding carboxylic acids is 1. The average molecular weight is 139 g/mol. The molecule has 0 amide bonds. The Kier molecular flexibility index (Phi) is 10.8. The molecular weight excluding hydrogens is 131 g/mol. The van der Waals surface area contributed by atoms with Crippen molar-refractivity contribution >= 4 is 35.5 Å². The van der Waals surface area contributed by atoms with E-state index in [1.165, 1.54) is 0 Å². The number of aliphatic hydroxyl groups excluding tert-OH is 1. The normalized spacial score (nSPS) is 7.22. The molecule has 0 aromatic heterocycles. The average Bonchev–Trinajstić information content (AvgIpc) is 1.83. The second-order valence-corrected chi connectivity index (χ2v) is 1.10. The molecule has 0 aromatic rings. The van der Waals surface area contributed by atoms with Gasteiger partial charge in [-0.25, -0.2) is 4.79 Å². The SMILES string of the molecule is C=CC(=O)OCCO.[Na]. The summed E-state index contributed by atoms with van der Waals surface area (Å²) in [6.45, 7) is 3.06. The van der Waals surface area contributed by atoms with Crippen LogP contribution in [0.5, 0.6) is 0 Å². The summed E-state index contributed by atoms with van der Waals surface area (Å²) in [7, 11) is 0. The molecule has 9 heavy (non-hydrogen) atoms. The van der Waals surface area contributed by atoms with Crippen molar-refractivity contribution in [3.63, 3.8) is 0 Å². The number of rotatable bonds is 3. The summed E-state index contributed by atoms with van der Waals surface area (Å²) < 4.78 is 4.33. The molecule has 0 saturated heterocycles. The van der Waals surface area contributed by atoms with Crippen LogP contribution in [0.4, 0.5) is 0 Å². The van der Waals surface area contributed by atoms with Gasteiger partial charge in [0.2, 0.25) is 0 Å². The molecule has 0 rings (SSSR count). The van der Waals surface area contributed by atoms with E-state index in [0.29, 0.717) is 0 Å². The minimum Gasteiger partial charge on any atom is -0.460 e. The predicted molar refractivity (Wildman–Crippen MR) is 34.0 cm³/mol. The molecule has 1 radical (unpaired) electrons. The fourth-order valence-corrected chi connectivity index (χ4v) is 0.205. The molecule has 0 bridgehead atoms. The van der Waals surface area contributed by atoms with E-state index in [1.807, 2.05) is 0 Å². The minimum absolute atomic E-state index is 0. The number of carbonyl (C=O) groups is 1. The first-order valence-corrected chi connectivity index (χ1v) is 2.21. The van der Waals surface area contributed by atoms with Crippen LogP contribution in [-0.2, 0) is 9.53 Å². The molecule has 0 aliphatic rings. The second kappa shape index (κ2) is 8.17. The van der Waals surface area contributed by atoms with Gasteiger partial charge in [-0.1, -0.05) is 6.58 Å². The summed E-state index contributed by atoms with van der Waals surface area (Å²) in [5.74, 6) is -0.501. The van der Waals surface area contributed by atoms with Gasteiger partial charge in [-0.05, 0) is 0 Å². The zero-order valence-corrected chi connectivity index (χ0v) is 7.46. The summed E-state index contributed by atoms with van der Waals surface area (Å²) in [6, 6.07) is 0. The maximum Gasteiger partial charge on any atom is 0.330 e. The topological polar surface area (TPSA) is 46.5 Å². The number of esters is 1. The van der Waals surface area contributed by atoms with Gasteiger partial charge in [-0.15, -0.1) is 0 Å². The van der Waals surface area contributed by atoms with Crippen LogP contribution < -0.4 is 0 Å². The maximum atomic E-state index is 10.1. The Bertz CT molecular complexity index is 92.2. The number of aliphatic hydroxyl groups is 1. The zero-order valence-electron chi connectivity index (χ0n) is 5.46. The zero-order chi connectivity index (χ0) is 6.41. The predicted octanol–water partition coefficient (Wildman–Crippen LogP) is -0.673. The second-order valence-electron chi connectivity index (χ2n) is 1.10. The van der Waals surface area contributed by atoms with Gasteiger partial charge < -0.3 is 9.84 Å². The molecular formula is C5H8NaO3. The third kappa shape index (κ3) is 8.17. The summed E-state index contributed by atoms with van der Waals surface area (Å²) in [5, 5.41) is 8.10. The Labute approximate surface area is 76.0 Å². The van der Waals surface area contributed by atoms with Gasteiger partial charge in [-0.3, -0.25) is 0 Å². The number of ether oxygens (including phenoxy) is 1. The van der Waals surface area contributed by atoms with Gasteiger partial charge in [0.1, 0.15) is 6.61 Å². The van der Waals surface area contributed by atoms with Crippen molar-refractivity contribution in [2.24, 2.45) is 0 Å². The fraction of sp³-hybridized carbons (Fsp3) is 0.400. The van der Waals surface area contributed by atoms with Crippen LogP contribution in [0.15, 0.2) is 12.7 Å². The van der Waals surface area contributed by atoms with E-state index in [-0.39, 0.29) is 42.8 Å². The van der Waals surface area contributed by atoms with Crippen molar-refractivity contribution in [1.82, 2.24) is 0 Å². The van der Waals surface area contributed by atoms with Crippen molar-refractivity contribution in [3.05, 3.63) is 12.7 Å². The Morgan fingerprint density at radius 3 is 2.67 bits per heavy atom. The van der Waals surface area contributed by atoms with E-state index in [0.717, 1.165) is 6.08 Å². The van der Waals surface area contributed by atoms with Gasteiger partial charge in [0.05, 0.1) is 6.61 Å². The van der Waals surface area contributed by atoms with Gasteiger partial charge in [0.15, 0.2) is 0 Å². The summed E-state index contributed by atoms with van der Waals surface area (Å²) >= 11 is 0. The van der Waals surface area contributed by atoms with E-state index in [9.17, 15) is 4.79 Å². The molecule has 0 atom stereocenters. The summed E-state index contributed by atoms with van der Waals surface area (Å²) in [4.78, 5) is 10.1. The maximum absolute atomic E-state index is 10.1. The van der Waals surface area contributed by atoms with E-state index in [4.69, 9.17) is 5.11 Å². The molecule has 0 aliphatic heterocycles. The van der Waals surface area contributed by atoms with Gasteiger partial charge in [-0.2, -0.15) is 0 Å². The van der Waals surface area contributed by atoms with Crippen molar-refractivity contribution in [1.29, 1.82) is 0 Å². The molecule has 0 aliphatic carbocycles. The molecule has 0 saturated carbocycles. The van der Waals surface area contributed by atoms with Crippen LogP contribution in [0.1, 0.15) is 0 Å². The quantitative estimate of drug-likeness (QED) is 0.320. The van der Waals surface area contributed by atoms with Crippen molar-refractivity contribution in [2.75, 3.05) is 13.2 Å². The molecule has 0 unspecified atom stereocenters. The first-order chi connectivity index (χ1) is 3.81. The van der Waals surface area contributed by atoms with Crippen LogP contribution in [0.3, 0.4) is 0 Å². The van der Waals surface area contributed by atoms with Crippen LogP contribution in [0.2, 0.25) is 0 Å². The number of hydrogen-bond donors (Lipinski definition) is 1. The fourth-order valence-electron chi connectivity index (χ4n) is 0.205. The third-order valence-corrected chi connectivity index (χ3v) is 0.502. The molecule has 4 heteroatoms. The Balaban J connectivity index is 0. The molecule has 0 fully saturated rings. The summed E-state index contributed by atoms with van der Waals surface area (Å²) in [5.41, 5.74) is 0. The van der Waals surface area contributed by atoms with Crippen LogP contribution in [-0.4, -0.2) is 53.8 Å². The molecule has 3 nitrogen and oxygen atoms in total. The van der Waals surface area contributed by atoms with E-state index in [2.05, 4.69) is 11.3 Å². The largest absolute Gasteiger partial charge is 0.460 e. The van der Waals surface area contributed by atoms with Crippen molar-refractivity contribution < 1.29 is 14.6 Å². The van der Waals surface area contributed by atoms with Crippen LogP contribution in [0, 0.1) is 0 Å². The Morgan fingerprint density at radius 1 is 1.78 bits per heavy atom. The third-order valence-electron chi connectivity index (χ3n) is 0.502. The molecule has 0 aromatic carbocycles. The number of hydrogen-bond acceptors (Lipinski definition) is 3. The van der Waals surface area contributed by atoms with Gasteiger partial charge in [0.25, 0.3) is 0 Å². The van der Waals surface area contributed by atoms with E-state index in [1.54, 1.807) is 0 Å². The Hall–Kier alpha value is 0.170. The first kappa shape index (κ1) is 11.9. The smallest absolute Gasteiger partial charge is 0.330 e. The molecule has 0 heterocycles. The first-order valence-electron chi connectivity index (χ1n) is 2.21. The van der Waals surface area contributed by atoms with Crippen molar-refractivity contribution in [2.45, 2.75) is 0 Å². The molecule has 0 spiro atoms. The van der Waals surface area contributed by atoms with Gasteiger partial charge in [0, 0.05) is 35.6 Å². The summed E-state index contributed by atoms with van der Waals surface area (Å²) in [6.07, 6.45) is 1.05. The Morgan fingerprint density at radius 2 is 2.33 bits per heavy atom. The van der Waals surface area contributed by atoms with Crippen LogP contribution in [0.25, 0.3) is 0 Å².